The van der Waals surface area contributed by atoms with Crippen molar-refractivity contribution in [1.29, 1.82) is 0 Å². The molecule has 1 fully saturated rings. The van der Waals surface area contributed by atoms with E-state index in [-0.39, 0.29) is 22.1 Å². The van der Waals surface area contributed by atoms with Crippen molar-refractivity contribution in [2.24, 2.45) is 11.7 Å². The van der Waals surface area contributed by atoms with Crippen LogP contribution in [0, 0.1) is 17.6 Å². The number of nitrogens with two attached hydrogens (primary N) is 1. The van der Waals surface area contributed by atoms with Crippen LogP contribution in [-0.4, -0.2) is 11.2 Å². The van der Waals surface area contributed by atoms with Crippen LogP contribution in [0.25, 0.3) is 0 Å². The number of hydrogen-bond donors (Lipinski definition) is 1. The Balaban J connectivity index is 2.37. The second-order valence-electron chi connectivity index (χ2n) is 6.59. The zero-order chi connectivity index (χ0) is 15.3. The molecule has 1 aliphatic heterocycles. The Kier molecular flexibility index (Phi) is 3.87. The topological polar surface area (TPSA) is 35.2 Å². The predicted octanol–water partition coefficient (Wildman–Crippen LogP) is 4.21. The second-order valence-corrected chi connectivity index (χ2v) is 7.00. The van der Waals surface area contributed by atoms with Crippen LogP contribution in [0.5, 0.6) is 0 Å². The summed E-state index contributed by atoms with van der Waals surface area (Å²) in [5, 5.41) is -0.235. The maximum absolute atomic E-state index is 14.0. The molecule has 5 heteroatoms. The Hall–Kier alpha value is -0.710. The molecule has 0 amide bonds. The number of rotatable bonds is 2. The van der Waals surface area contributed by atoms with Crippen LogP contribution in [0.15, 0.2) is 12.1 Å². The van der Waals surface area contributed by atoms with Crippen molar-refractivity contribution in [2.45, 2.75) is 51.4 Å². The molecule has 1 saturated heterocycles. The van der Waals surface area contributed by atoms with E-state index in [0.29, 0.717) is 6.42 Å². The first kappa shape index (κ1) is 15.7. The maximum Gasteiger partial charge on any atom is 0.142 e. The van der Waals surface area contributed by atoms with Gasteiger partial charge in [0, 0.05) is 17.5 Å². The van der Waals surface area contributed by atoms with Gasteiger partial charge in [-0.05, 0) is 46.2 Å². The molecule has 2 rings (SSSR count). The molecule has 112 valence electrons. The Bertz CT molecular complexity index is 531. The normalized spacial score (nSPS) is 25.7. The highest BCUT2D eigenvalue weighted by atomic mass is 35.5. The monoisotopic (exact) mass is 303 g/mol. The minimum Gasteiger partial charge on any atom is -0.369 e. The molecule has 1 aliphatic rings. The third kappa shape index (κ3) is 2.83. The summed E-state index contributed by atoms with van der Waals surface area (Å²) in [6.45, 7) is 7.80. The van der Waals surface area contributed by atoms with Crippen LogP contribution in [0.4, 0.5) is 8.78 Å². The largest absolute Gasteiger partial charge is 0.369 e. The highest BCUT2D eigenvalue weighted by Crippen LogP contribution is 2.47. The number of benzene rings is 1. The van der Waals surface area contributed by atoms with Gasteiger partial charge in [-0.2, -0.15) is 0 Å². The van der Waals surface area contributed by atoms with Crippen molar-refractivity contribution >= 4 is 11.6 Å². The zero-order valence-corrected chi connectivity index (χ0v) is 12.9. The van der Waals surface area contributed by atoms with E-state index >= 15 is 0 Å². The van der Waals surface area contributed by atoms with E-state index in [1.165, 1.54) is 0 Å². The van der Waals surface area contributed by atoms with Gasteiger partial charge in [-0.1, -0.05) is 11.6 Å². The van der Waals surface area contributed by atoms with E-state index in [4.69, 9.17) is 22.1 Å². The molecular weight excluding hydrogens is 284 g/mol. The van der Waals surface area contributed by atoms with Gasteiger partial charge in [-0.25, -0.2) is 8.78 Å². The molecular formula is C15H20ClF2NO. The Morgan fingerprint density at radius 1 is 1.25 bits per heavy atom. The van der Waals surface area contributed by atoms with Gasteiger partial charge in [0.15, 0.2) is 0 Å². The SMILES string of the molecule is CC1(C)CC(C(N)c2cc(F)c(Cl)cc2F)C(C)(C)O1. The van der Waals surface area contributed by atoms with Crippen LogP contribution < -0.4 is 5.73 Å². The molecule has 2 atom stereocenters. The summed E-state index contributed by atoms with van der Waals surface area (Å²) in [5.74, 6) is -1.34. The lowest BCUT2D eigenvalue weighted by Crippen LogP contribution is -2.36. The molecule has 1 aromatic carbocycles. The van der Waals surface area contributed by atoms with Gasteiger partial charge in [0.2, 0.25) is 0 Å². The quantitative estimate of drug-likeness (QED) is 0.831. The molecule has 2 nitrogen and oxygen atoms in total. The first-order valence-corrected chi connectivity index (χ1v) is 7.01. The fourth-order valence-electron chi connectivity index (χ4n) is 3.17. The van der Waals surface area contributed by atoms with E-state index in [1.807, 2.05) is 27.7 Å². The molecule has 0 radical (unpaired) electrons. The van der Waals surface area contributed by atoms with Crippen molar-refractivity contribution in [3.8, 4) is 0 Å². The molecule has 0 bridgehead atoms. The zero-order valence-electron chi connectivity index (χ0n) is 12.1. The summed E-state index contributed by atoms with van der Waals surface area (Å²) < 4.78 is 33.5. The van der Waals surface area contributed by atoms with Crippen molar-refractivity contribution < 1.29 is 13.5 Å². The molecule has 0 aromatic heterocycles. The molecule has 0 saturated carbocycles. The molecule has 20 heavy (non-hydrogen) atoms. The predicted molar refractivity (Wildman–Crippen MR) is 75.6 cm³/mol. The first-order chi connectivity index (χ1) is 9.03. The van der Waals surface area contributed by atoms with Gasteiger partial charge in [-0.15, -0.1) is 0 Å². The van der Waals surface area contributed by atoms with Gasteiger partial charge in [-0.3, -0.25) is 0 Å². The molecule has 0 spiro atoms. The Morgan fingerprint density at radius 2 is 1.85 bits per heavy atom. The second kappa shape index (κ2) is 4.93. The summed E-state index contributed by atoms with van der Waals surface area (Å²) in [7, 11) is 0. The fourth-order valence-corrected chi connectivity index (χ4v) is 3.32. The lowest BCUT2D eigenvalue weighted by Gasteiger charge is -2.31. The number of ether oxygens (including phenoxy) is 1. The van der Waals surface area contributed by atoms with Gasteiger partial charge >= 0.3 is 0 Å². The molecule has 0 aliphatic carbocycles. The summed E-state index contributed by atoms with van der Waals surface area (Å²) in [4.78, 5) is 0. The van der Waals surface area contributed by atoms with Gasteiger partial charge in [0.1, 0.15) is 11.6 Å². The van der Waals surface area contributed by atoms with Crippen LogP contribution >= 0.6 is 11.6 Å². The molecule has 1 heterocycles. The van der Waals surface area contributed by atoms with Crippen LogP contribution in [0.2, 0.25) is 5.02 Å². The summed E-state index contributed by atoms with van der Waals surface area (Å²) in [6, 6.07) is 1.42. The van der Waals surface area contributed by atoms with Crippen LogP contribution in [0.3, 0.4) is 0 Å². The minimum absolute atomic E-state index is 0.104. The lowest BCUT2D eigenvalue weighted by atomic mass is 9.79. The highest BCUT2D eigenvalue weighted by Gasteiger charge is 2.48. The standard InChI is InChI=1S/C15H20ClF2NO/c1-14(2)7-9(15(3,4)20-14)13(19)8-5-12(18)10(16)6-11(8)17/h5-6,9,13H,7,19H2,1-4H3. The molecule has 2 unspecified atom stereocenters. The van der Waals surface area contributed by atoms with E-state index in [1.54, 1.807) is 0 Å². The Morgan fingerprint density at radius 3 is 2.35 bits per heavy atom. The highest BCUT2D eigenvalue weighted by molar-refractivity contribution is 6.30. The molecule has 1 aromatic rings. The third-order valence-corrected chi connectivity index (χ3v) is 4.27. The summed E-state index contributed by atoms with van der Waals surface area (Å²) in [5.41, 5.74) is 5.51. The van der Waals surface area contributed by atoms with Gasteiger partial charge < -0.3 is 10.5 Å². The number of halogens is 3. The lowest BCUT2D eigenvalue weighted by molar-refractivity contribution is -0.0768. The van der Waals surface area contributed by atoms with E-state index < -0.39 is 23.3 Å². The van der Waals surface area contributed by atoms with Crippen LogP contribution in [0.1, 0.15) is 45.7 Å². The third-order valence-electron chi connectivity index (χ3n) is 3.98. The van der Waals surface area contributed by atoms with Gasteiger partial charge in [0.25, 0.3) is 0 Å². The minimum atomic E-state index is -0.658. The van der Waals surface area contributed by atoms with Crippen LogP contribution in [-0.2, 0) is 4.74 Å². The van der Waals surface area contributed by atoms with E-state index in [0.717, 1.165) is 12.1 Å². The van der Waals surface area contributed by atoms with E-state index in [9.17, 15) is 8.78 Å². The number of hydrogen-bond acceptors (Lipinski definition) is 2. The maximum atomic E-state index is 14.0. The average molecular weight is 304 g/mol. The summed E-state index contributed by atoms with van der Waals surface area (Å²) in [6.07, 6.45) is 0.685. The fraction of sp³-hybridized carbons (Fsp3) is 0.600. The average Bonchev–Trinajstić information content (AvgIpc) is 2.51. The Labute approximate surface area is 123 Å². The van der Waals surface area contributed by atoms with Gasteiger partial charge in [0.05, 0.1) is 16.2 Å². The van der Waals surface area contributed by atoms with E-state index in [2.05, 4.69) is 0 Å². The summed E-state index contributed by atoms with van der Waals surface area (Å²) >= 11 is 5.57. The van der Waals surface area contributed by atoms with Crippen molar-refractivity contribution in [1.82, 2.24) is 0 Å². The van der Waals surface area contributed by atoms with Crippen molar-refractivity contribution in [3.05, 3.63) is 34.4 Å². The smallest absolute Gasteiger partial charge is 0.142 e. The van der Waals surface area contributed by atoms with Crippen molar-refractivity contribution in [3.63, 3.8) is 0 Å². The van der Waals surface area contributed by atoms with Crippen molar-refractivity contribution in [2.75, 3.05) is 0 Å². The first-order valence-electron chi connectivity index (χ1n) is 6.64. The molecule has 2 N–H and O–H groups in total.